The summed E-state index contributed by atoms with van der Waals surface area (Å²) in [6.07, 6.45) is 24.8. The average Bonchev–Trinajstić information content (AvgIpc) is 1.43. The normalized spacial score (nSPS) is 22.5. The van der Waals surface area contributed by atoms with Crippen LogP contribution in [-0.4, -0.2) is 177 Å². The predicted molar refractivity (Wildman–Crippen MR) is 336 cm³/mol. The molecule has 2 aliphatic heterocycles. The molecule has 0 amide bonds. The van der Waals surface area contributed by atoms with Crippen LogP contribution in [0.4, 0.5) is 0 Å². The topological polar surface area (TPSA) is 338 Å². The van der Waals surface area contributed by atoms with E-state index >= 15 is 0 Å². The van der Waals surface area contributed by atoms with Gasteiger partial charge in [-0.2, -0.15) is 0 Å². The lowest BCUT2D eigenvalue weighted by Crippen LogP contribution is -2.58. The molecule has 0 radical (unpaired) electrons. The number of hydrogen-bond donors (Lipinski definition) is 8. The van der Waals surface area contributed by atoms with Crippen LogP contribution in [0.15, 0.2) is 24.3 Å². The summed E-state index contributed by atoms with van der Waals surface area (Å²) in [5.74, 6) is -2.30. The summed E-state index contributed by atoms with van der Waals surface area (Å²) in [4.78, 5) is 74.3. The summed E-state index contributed by atoms with van der Waals surface area (Å²) < 4.78 is 42.7. The molecule has 0 spiro atoms. The molecule has 0 aromatic rings. The van der Waals surface area contributed by atoms with Gasteiger partial charge in [0.15, 0.2) is 12.6 Å². The molecule has 0 bridgehead atoms. The maximum Gasteiger partial charge on any atom is 0.306 e. The number of aliphatic hydroxyl groups is 8. The number of ether oxygens (including phenoxy) is 8. The van der Waals surface area contributed by atoms with Crippen molar-refractivity contribution < 1.29 is 108 Å². The van der Waals surface area contributed by atoms with Crippen LogP contribution >= 0.6 is 0 Å². The third kappa shape index (κ3) is 40.8. The van der Waals surface area contributed by atoms with E-state index in [9.17, 15) is 69.6 Å². The standard InChI is InChI=1S/C68H118O22/c1-3-5-7-27-37-51(87-59(73)45-35-43-57(71)85-49-53-61(75)63(77)65(79)67(81)89-53)39-29-21-15-9-11-17-23-31-41-55(69)83-47-33-25-19-13-14-20-26-34-48-84-56(70)42-32-24-18-12-10-16-22-30-40-52(38-28-8-6-4-2)88-60(74)46-36-44-58(72)86-50-54-62(76)64(78)66(80)68(82)90-54/h21-22,29-30,51-54,61-68,75-82H,3-20,23-28,31-50H2,1-2H3/b29-21-,30-22-/t51-,52-,53?,54?,61+,62+,63+,64+,65?,66?,67?,68?/m1/s1. The Morgan fingerprint density at radius 1 is 0.333 bits per heavy atom. The van der Waals surface area contributed by atoms with Crippen LogP contribution in [0.25, 0.3) is 0 Å². The molecule has 90 heavy (non-hydrogen) atoms. The van der Waals surface area contributed by atoms with E-state index in [0.29, 0.717) is 38.9 Å². The summed E-state index contributed by atoms with van der Waals surface area (Å²) in [5, 5.41) is 78.2. The monoisotopic (exact) mass is 1290 g/mol. The van der Waals surface area contributed by atoms with E-state index in [1.54, 1.807) is 0 Å². The predicted octanol–water partition coefficient (Wildman–Crippen LogP) is 9.34. The van der Waals surface area contributed by atoms with Gasteiger partial charge >= 0.3 is 35.8 Å². The zero-order chi connectivity index (χ0) is 66.0. The Morgan fingerprint density at radius 3 is 1.02 bits per heavy atom. The molecule has 2 aliphatic rings. The van der Waals surface area contributed by atoms with Crippen molar-refractivity contribution in [3.63, 3.8) is 0 Å². The molecule has 22 nitrogen and oxygen atoms in total. The highest BCUT2D eigenvalue weighted by atomic mass is 16.7. The number of carbonyl (C=O) groups excluding carboxylic acids is 6. The average molecular weight is 1290 g/mol. The third-order valence-corrected chi connectivity index (χ3v) is 16.3. The molecule has 22 heteroatoms. The van der Waals surface area contributed by atoms with E-state index in [4.69, 9.17) is 37.9 Å². The summed E-state index contributed by atoms with van der Waals surface area (Å²) in [7, 11) is 0. The lowest BCUT2D eigenvalue weighted by atomic mass is 9.99. The SMILES string of the molecule is CCCCCC[C@H](C/C=C\CCCCCCCC(=O)OCCCCCCCCCCOC(=O)CCCCCCC/C=C\C[C@@H](CCCCCC)OC(=O)CCCC(=O)OCC1OC(O)C(O)[C@@H](O)[C@H]1O)OC(=O)CCCC(=O)OCC1OC(O)C(O)[C@@H](O)[C@H]1O. The minimum absolute atomic E-state index is 0.0378. The summed E-state index contributed by atoms with van der Waals surface area (Å²) in [6, 6.07) is 0. The van der Waals surface area contributed by atoms with Crippen LogP contribution in [-0.2, 0) is 66.7 Å². The fraction of sp³-hybridized carbons (Fsp3) is 0.853. The summed E-state index contributed by atoms with van der Waals surface area (Å²) in [5.41, 5.74) is 0. The number of unbranched alkanes of at least 4 members (excludes halogenated alkanes) is 23. The largest absolute Gasteiger partial charge is 0.466 e. The van der Waals surface area contributed by atoms with Crippen LogP contribution in [0.1, 0.15) is 271 Å². The molecule has 8 N–H and O–H groups in total. The Morgan fingerprint density at radius 2 is 0.644 bits per heavy atom. The first-order valence-corrected chi connectivity index (χ1v) is 34.5. The fourth-order valence-corrected chi connectivity index (χ4v) is 10.6. The van der Waals surface area contributed by atoms with Crippen LogP contribution < -0.4 is 0 Å². The number of esters is 6. The van der Waals surface area contributed by atoms with Gasteiger partial charge in [-0.3, -0.25) is 28.8 Å². The number of hydrogen-bond acceptors (Lipinski definition) is 22. The van der Waals surface area contributed by atoms with Crippen LogP contribution in [0, 0.1) is 0 Å². The molecule has 0 saturated carbocycles. The Labute approximate surface area is 536 Å². The van der Waals surface area contributed by atoms with E-state index in [2.05, 4.69) is 38.2 Å². The van der Waals surface area contributed by atoms with Crippen molar-refractivity contribution in [2.45, 2.75) is 344 Å². The van der Waals surface area contributed by atoms with Crippen molar-refractivity contribution in [3.05, 3.63) is 24.3 Å². The summed E-state index contributed by atoms with van der Waals surface area (Å²) >= 11 is 0. The number of rotatable bonds is 55. The van der Waals surface area contributed by atoms with Gasteiger partial charge in [-0.1, -0.05) is 154 Å². The molecule has 0 aliphatic carbocycles. The quantitative estimate of drug-likeness (QED) is 0.0122. The van der Waals surface area contributed by atoms with E-state index < -0.39 is 86.6 Å². The molecule has 2 saturated heterocycles. The molecule has 0 aromatic heterocycles. The maximum absolute atomic E-state index is 12.7. The highest BCUT2D eigenvalue weighted by Gasteiger charge is 2.44. The van der Waals surface area contributed by atoms with Gasteiger partial charge in [-0.15, -0.1) is 0 Å². The number of carbonyl (C=O) groups is 6. The second-order valence-electron chi connectivity index (χ2n) is 24.4. The van der Waals surface area contributed by atoms with Gasteiger partial charge in [0.05, 0.1) is 13.2 Å². The lowest BCUT2D eigenvalue weighted by Gasteiger charge is -2.37. The highest BCUT2D eigenvalue weighted by molar-refractivity contribution is 5.73. The van der Waals surface area contributed by atoms with Crippen LogP contribution in [0.5, 0.6) is 0 Å². The van der Waals surface area contributed by atoms with Gasteiger partial charge in [0.25, 0.3) is 0 Å². The maximum atomic E-state index is 12.7. The molecule has 12 atom stereocenters. The van der Waals surface area contributed by atoms with Crippen molar-refractivity contribution in [1.29, 1.82) is 0 Å². The molecule has 0 aromatic carbocycles. The Bertz CT molecular complexity index is 1800. The zero-order valence-electron chi connectivity index (χ0n) is 54.6. The Hall–Kier alpha value is -4.10. The second-order valence-corrected chi connectivity index (χ2v) is 24.4. The molecule has 6 unspecified atom stereocenters. The first kappa shape index (κ1) is 82.0. The lowest BCUT2D eigenvalue weighted by molar-refractivity contribution is -0.287. The fourth-order valence-electron chi connectivity index (χ4n) is 10.6. The number of allylic oxidation sites excluding steroid dienone is 2. The Kier molecular flexibility index (Phi) is 48.5. The molecule has 2 heterocycles. The van der Waals surface area contributed by atoms with Crippen molar-refractivity contribution in [3.8, 4) is 0 Å². The van der Waals surface area contributed by atoms with Crippen LogP contribution in [0.2, 0.25) is 0 Å². The van der Waals surface area contributed by atoms with E-state index in [0.717, 1.165) is 193 Å². The second kappa shape index (κ2) is 53.3. The molecule has 522 valence electrons. The van der Waals surface area contributed by atoms with Gasteiger partial charge in [0.1, 0.15) is 74.3 Å². The third-order valence-electron chi connectivity index (χ3n) is 16.3. The van der Waals surface area contributed by atoms with Gasteiger partial charge in [-0.25, -0.2) is 0 Å². The number of aliphatic hydroxyl groups excluding tert-OH is 8. The summed E-state index contributed by atoms with van der Waals surface area (Å²) in [6.45, 7) is 4.36. The van der Waals surface area contributed by atoms with E-state index in [1.807, 2.05) is 0 Å². The highest BCUT2D eigenvalue weighted by Crippen LogP contribution is 2.23. The smallest absolute Gasteiger partial charge is 0.306 e. The van der Waals surface area contributed by atoms with Crippen molar-refractivity contribution >= 4 is 35.8 Å². The van der Waals surface area contributed by atoms with E-state index in [1.165, 1.54) is 0 Å². The molecule has 2 fully saturated rings. The molecule has 2 rings (SSSR count). The van der Waals surface area contributed by atoms with Gasteiger partial charge < -0.3 is 78.7 Å². The van der Waals surface area contributed by atoms with Crippen molar-refractivity contribution in [2.75, 3.05) is 26.4 Å². The molecular formula is C68H118O22. The minimum Gasteiger partial charge on any atom is -0.466 e. The minimum atomic E-state index is -1.72. The van der Waals surface area contributed by atoms with Gasteiger partial charge in [0.2, 0.25) is 0 Å². The van der Waals surface area contributed by atoms with E-state index in [-0.39, 0.29) is 74.6 Å². The van der Waals surface area contributed by atoms with Crippen molar-refractivity contribution in [1.82, 2.24) is 0 Å². The molecular weight excluding hydrogens is 1170 g/mol. The Balaban J connectivity index is 1.39. The zero-order valence-corrected chi connectivity index (χ0v) is 54.6. The van der Waals surface area contributed by atoms with Crippen LogP contribution in [0.3, 0.4) is 0 Å². The first-order chi connectivity index (χ1) is 43.5. The van der Waals surface area contributed by atoms with Gasteiger partial charge in [0, 0.05) is 51.4 Å². The first-order valence-electron chi connectivity index (χ1n) is 34.5. The van der Waals surface area contributed by atoms with Crippen molar-refractivity contribution in [2.24, 2.45) is 0 Å². The van der Waals surface area contributed by atoms with Gasteiger partial charge in [-0.05, 0) is 89.9 Å².